The molecule has 0 amide bonds. The lowest BCUT2D eigenvalue weighted by Crippen LogP contribution is -2.50. The summed E-state index contributed by atoms with van der Waals surface area (Å²) in [5.41, 5.74) is 0. The van der Waals surface area contributed by atoms with Crippen molar-refractivity contribution < 1.29 is 8.42 Å². The summed E-state index contributed by atoms with van der Waals surface area (Å²) in [4.78, 5) is 0. The van der Waals surface area contributed by atoms with Gasteiger partial charge < -0.3 is 5.32 Å². The van der Waals surface area contributed by atoms with Crippen molar-refractivity contribution in [3.8, 4) is 0 Å². The third-order valence-corrected chi connectivity index (χ3v) is 7.23. The van der Waals surface area contributed by atoms with Gasteiger partial charge >= 0.3 is 0 Å². The molecular formula is C13H21ClN2O2S2. The number of thiophene rings is 1. The predicted octanol–water partition coefficient (Wildman–Crippen LogP) is 2.80. The van der Waals surface area contributed by atoms with Gasteiger partial charge in [0.15, 0.2) is 0 Å². The van der Waals surface area contributed by atoms with Gasteiger partial charge in [-0.2, -0.15) is 4.31 Å². The molecule has 7 heteroatoms. The third-order valence-electron chi connectivity index (χ3n) is 3.67. The minimum absolute atomic E-state index is 0.320. The monoisotopic (exact) mass is 336 g/mol. The van der Waals surface area contributed by atoms with E-state index in [1.165, 1.54) is 0 Å². The number of hydrogen-bond donors (Lipinski definition) is 1. The number of halogens is 1. The highest BCUT2D eigenvalue weighted by atomic mass is 35.5. The molecule has 0 saturated carbocycles. The fourth-order valence-electron chi connectivity index (χ4n) is 2.52. The topological polar surface area (TPSA) is 49.4 Å². The third kappa shape index (κ3) is 3.54. The van der Waals surface area contributed by atoms with Gasteiger partial charge in [0, 0.05) is 19.1 Å². The predicted molar refractivity (Wildman–Crippen MR) is 84.0 cm³/mol. The Kier molecular flexibility index (Phi) is 5.48. The van der Waals surface area contributed by atoms with Crippen LogP contribution in [-0.2, 0) is 10.0 Å². The van der Waals surface area contributed by atoms with Gasteiger partial charge in [-0.25, -0.2) is 8.42 Å². The van der Waals surface area contributed by atoms with E-state index >= 15 is 0 Å². The summed E-state index contributed by atoms with van der Waals surface area (Å²) < 4.78 is 27.5. The Balaban J connectivity index is 2.05. The first-order valence-electron chi connectivity index (χ1n) is 6.94. The van der Waals surface area contributed by atoms with Gasteiger partial charge in [-0.1, -0.05) is 25.4 Å². The molecule has 114 valence electrons. The second kappa shape index (κ2) is 6.75. The SMILES string of the molecule is CCCNC1CCN(S(=O)(=O)c2ccc(Cl)s2)CC1C. The minimum atomic E-state index is -3.38. The molecule has 1 saturated heterocycles. The molecule has 1 aliphatic rings. The van der Waals surface area contributed by atoms with Gasteiger partial charge in [-0.3, -0.25) is 0 Å². The molecule has 4 nitrogen and oxygen atoms in total. The lowest BCUT2D eigenvalue weighted by Gasteiger charge is -2.36. The average molecular weight is 337 g/mol. The lowest BCUT2D eigenvalue weighted by atomic mass is 9.95. The molecule has 0 bridgehead atoms. The highest BCUT2D eigenvalue weighted by Gasteiger charge is 2.33. The van der Waals surface area contributed by atoms with Crippen LogP contribution in [0.15, 0.2) is 16.3 Å². The van der Waals surface area contributed by atoms with E-state index in [2.05, 4.69) is 19.2 Å². The maximum Gasteiger partial charge on any atom is 0.252 e. The number of hydrogen-bond acceptors (Lipinski definition) is 4. The molecule has 0 spiro atoms. The summed E-state index contributed by atoms with van der Waals surface area (Å²) in [7, 11) is -3.38. The first-order chi connectivity index (χ1) is 9.45. The van der Waals surface area contributed by atoms with Crippen LogP contribution in [0, 0.1) is 5.92 Å². The van der Waals surface area contributed by atoms with Crippen LogP contribution in [0.2, 0.25) is 4.34 Å². The number of sulfonamides is 1. The van der Waals surface area contributed by atoms with E-state index in [0.29, 0.717) is 33.6 Å². The zero-order chi connectivity index (χ0) is 14.8. The summed E-state index contributed by atoms with van der Waals surface area (Å²) in [6, 6.07) is 3.64. The second-order valence-corrected chi connectivity index (χ2v) is 9.13. The molecule has 2 rings (SSSR count). The van der Waals surface area contributed by atoms with E-state index < -0.39 is 10.0 Å². The van der Waals surface area contributed by atoms with E-state index in [0.717, 1.165) is 30.7 Å². The molecule has 0 aliphatic carbocycles. The van der Waals surface area contributed by atoms with Crippen molar-refractivity contribution >= 4 is 33.0 Å². The van der Waals surface area contributed by atoms with Gasteiger partial charge in [0.1, 0.15) is 4.21 Å². The van der Waals surface area contributed by atoms with Crippen molar-refractivity contribution in [2.45, 2.75) is 36.9 Å². The molecule has 1 aliphatic heterocycles. The van der Waals surface area contributed by atoms with Crippen molar-refractivity contribution in [2.24, 2.45) is 5.92 Å². The lowest BCUT2D eigenvalue weighted by molar-refractivity contribution is 0.221. The Labute approximate surface area is 130 Å². The van der Waals surface area contributed by atoms with Crippen LogP contribution in [-0.4, -0.2) is 38.4 Å². The van der Waals surface area contributed by atoms with Crippen LogP contribution in [0.4, 0.5) is 0 Å². The molecule has 2 unspecified atom stereocenters. The van der Waals surface area contributed by atoms with Crippen LogP contribution in [0.3, 0.4) is 0 Å². The summed E-state index contributed by atoms with van der Waals surface area (Å²) in [6.07, 6.45) is 1.96. The van der Waals surface area contributed by atoms with Crippen molar-refractivity contribution in [2.75, 3.05) is 19.6 Å². The highest BCUT2D eigenvalue weighted by molar-refractivity contribution is 7.91. The van der Waals surface area contributed by atoms with Crippen molar-refractivity contribution in [3.63, 3.8) is 0 Å². The molecule has 20 heavy (non-hydrogen) atoms. The Morgan fingerprint density at radius 2 is 2.25 bits per heavy atom. The molecule has 1 N–H and O–H groups in total. The van der Waals surface area contributed by atoms with E-state index in [-0.39, 0.29) is 0 Å². The van der Waals surface area contributed by atoms with Gasteiger partial charge in [-0.05, 0) is 37.4 Å². The smallest absolute Gasteiger partial charge is 0.252 e. The Morgan fingerprint density at radius 1 is 1.50 bits per heavy atom. The summed E-state index contributed by atoms with van der Waals surface area (Å²) in [5.74, 6) is 0.320. The maximum atomic E-state index is 12.5. The fraction of sp³-hybridized carbons (Fsp3) is 0.692. The molecular weight excluding hydrogens is 316 g/mol. The van der Waals surface area contributed by atoms with Crippen LogP contribution >= 0.6 is 22.9 Å². The van der Waals surface area contributed by atoms with Gasteiger partial charge in [0.25, 0.3) is 10.0 Å². The van der Waals surface area contributed by atoms with E-state index in [4.69, 9.17) is 11.6 Å². The molecule has 1 fully saturated rings. The van der Waals surface area contributed by atoms with Crippen molar-refractivity contribution in [1.82, 2.24) is 9.62 Å². The highest BCUT2D eigenvalue weighted by Crippen LogP contribution is 2.30. The van der Waals surface area contributed by atoms with Crippen LogP contribution < -0.4 is 5.32 Å². The number of nitrogens with one attached hydrogen (secondary N) is 1. The molecule has 0 radical (unpaired) electrons. The molecule has 1 aromatic heterocycles. The number of piperidine rings is 1. The summed E-state index contributed by atoms with van der Waals surface area (Å²) >= 11 is 6.96. The molecule has 2 atom stereocenters. The van der Waals surface area contributed by atoms with Gasteiger partial charge in [0.2, 0.25) is 0 Å². The van der Waals surface area contributed by atoms with Crippen LogP contribution in [0.1, 0.15) is 26.7 Å². The molecule has 1 aromatic rings. The normalized spacial score (nSPS) is 24.9. The zero-order valence-electron chi connectivity index (χ0n) is 11.8. The molecule has 2 heterocycles. The van der Waals surface area contributed by atoms with Gasteiger partial charge in [-0.15, -0.1) is 11.3 Å². The van der Waals surface area contributed by atoms with Crippen molar-refractivity contribution in [1.29, 1.82) is 0 Å². The first-order valence-corrected chi connectivity index (χ1v) is 9.57. The van der Waals surface area contributed by atoms with E-state index in [9.17, 15) is 8.42 Å². The van der Waals surface area contributed by atoms with Gasteiger partial charge in [0.05, 0.1) is 4.34 Å². The minimum Gasteiger partial charge on any atom is -0.314 e. The van der Waals surface area contributed by atoms with E-state index in [1.54, 1.807) is 16.4 Å². The first kappa shape index (κ1) is 16.2. The summed E-state index contributed by atoms with van der Waals surface area (Å²) in [6.45, 7) is 6.37. The standard InChI is InChI=1S/C13H21ClN2O2S2/c1-3-7-15-11-6-8-16(9-10(11)2)20(17,18)13-5-4-12(14)19-13/h4-5,10-11,15H,3,6-9H2,1-2H3. The number of rotatable bonds is 5. The Morgan fingerprint density at radius 3 is 2.80 bits per heavy atom. The second-order valence-electron chi connectivity index (χ2n) is 5.25. The molecule has 0 aromatic carbocycles. The quantitative estimate of drug-likeness (QED) is 0.899. The Hall–Kier alpha value is -0.140. The van der Waals surface area contributed by atoms with Crippen LogP contribution in [0.25, 0.3) is 0 Å². The van der Waals surface area contributed by atoms with E-state index in [1.807, 2.05) is 0 Å². The number of nitrogens with zero attached hydrogens (tertiary/aromatic N) is 1. The fourth-order valence-corrected chi connectivity index (χ4v) is 5.71. The Bertz CT molecular complexity index is 544. The largest absolute Gasteiger partial charge is 0.314 e. The maximum absolute atomic E-state index is 12.5. The van der Waals surface area contributed by atoms with Crippen LogP contribution in [0.5, 0.6) is 0 Å². The van der Waals surface area contributed by atoms with Crippen molar-refractivity contribution in [3.05, 3.63) is 16.5 Å². The zero-order valence-corrected chi connectivity index (χ0v) is 14.2. The average Bonchev–Trinajstić information content (AvgIpc) is 2.84. The summed E-state index contributed by atoms with van der Waals surface area (Å²) in [5, 5.41) is 3.50.